The highest BCUT2D eigenvalue weighted by atomic mass is 14.0. The van der Waals surface area contributed by atoms with Gasteiger partial charge in [-0.15, -0.1) is 0 Å². The van der Waals surface area contributed by atoms with Gasteiger partial charge in [0.2, 0.25) is 0 Å². The van der Waals surface area contributed by atoms with Gasteiger partial charge >= 0.3 is 0 Å². The second kappa shape index (κ2) is 4.10. The topological polar surface area (TPSA) is 0 Å². The van der Waals surface area contributed by atoms with E-state index in [1.165, 1.54) is 16.7 Å². The van der Waals surface area contributed by atoms with Crippen LogP contribution in [-0.2, 0) is 6.42 Å². The molecule has 0 saturated heterocycles. The first kappa shape index (κ1) is 9.05. The van der Waals surface area contributed by atoms with Crippen LogP contribution in [0.2, 0.25) is 0 Å². The average molecular weight is 160 g/mol. The summed E-state index contributed by atoms with van der Waals surface area (Å²) in [5.41, 5.74) is 4.20. The summed E-state index contributed by atoms with van der Waals surface area (Å²) in [6, 6.07) is 8.59. The summed E-state index contributed by atoms with van der Waals surface area (Å²) >= 11 is 0. The maximum atomic E-state index is 2.20. The number of allylic oxidation sites excluding steroid dienone is 2. The summed E-state index contributed by atoms with van der Waals surface area (Å²) in [6.45, 7) is 6.44. The van der Waals surface area contributed by atoms with Crippen LogP contribution in [0.3, 0.4) is 0 Å². The van der Waals surface area contributed by atoms with Crippen molar-refractivity contribution in [2.45, 2.75) is 27.2 Å². The molecule has 0 atom stereocenters. The molecule has 0 spiro atoms. The van der Waals surface area contributed by atoms with Crippen LogP contribution in [0.4, 0.5) is 0 Å². The molecule has 1 aromatic carbocycles. The highest BCUT2D eigenvalue weighted by Gasteiger charge is 1.99. The van der Waals surface area contributed by atoms with Crippen molar-refractivity contribution in [1.82, 2.24) is 0 Å². The zero-order chi connectivity index (χ0) is 8.97. The number of hydrogen-bond donors (Lipinski definition) is 0. The van der Waals surface area contributed by atoms with Crippen molar-refractivity contribution in [2.75, 3.05) is 0 Å². The third kappa shape index (κ3) is 1.76. The van der Waals surface area contributed by atoms with Gasteiger partial charge in [-0.05, 0) is 37.0 Å². The number of rotatable bonds is 2. The predicted molar refractivity (Wildman–Crippen MR) is 55.1 cm³/mol. The van der Waals surface area contributed by atoms with Crippen molar-refractivity contribution in [3.05, 3.63) is 41.5 Å². The molecule has 0 saturated carbocycles. The van der Waals surface area contributed by atoms with Crippen LogP contribution in [-0.4, -0.2) is 0 Å². The largest absolute Gasteiger partial charge is 0.0841 e. The van der Waals surface area contributed by atoms with Crippen molar-refractivity contribution < 1.29 is 0 Å². The molecule has 0 heteroatoms. The normalized spacial score (nSPS) is 11.8. The SMILES string of the molecule is C/C=C(/C)c1ccccc1CC. The molecular weight excluding hydrogens is 144 g/mol. The zero-order valence-electron chi connectivity index (χ0n) is 8.09. The summed E-state index contributed by atoms with van der Waals surface area (Å²) in [6.07, 6.45) is 3.27. The lowest BCUT2D eigenvalue weighted by Gasteiger charge is -2.06. The fraction of sp³-hybridized carbons (Fsp3) is 0.333. The predicted octanol–water partition coefficient (Wildman–Crippen LogP) is 3.67. The standard InChI is InChI=1S/C12H16/c1-4-10(3)12-9-7-6-8-11(12)5-2/h4,6-9H,5H2,1-3H3/b10-4-. The van der Waals surface area contributed by atoms with E-state index in [0.717, 1.165) is 6.42 Å². The van der Waals surface area contributed by atoms with Crippen molar-refractivity contribution in [3.8, 4) is 0 Å². The Morgan fingerprint density at radius 3 is 2.58 bits per heavy atom. The Bertz CT molecular complexity index is 282. The van der Waals surface area contributed by atoms with Crippen LogP contribution in [0.5, 0.6) is 0 Å². The molecule has 0 aliphatic heterocycles. The summed E-state index contributed by atoms with van der Waals surface area (Å²) < 4.78 is 0. The summed E-state index contributed by atoms with van der Waals surface area (Å²) in [5.74, 6) is 0. The van der Waals surface area contributed by atoms with Gasteiger partial charge in [-0.3, -0.25) is 0 Å². The molecule has 1 aromatic rings. The first-order valence-corrected chi connectivity index (χ1v) is 4.50. The molecule has 0 radical (unpaired) electrons. The molecule has 0 fully saturated rings. The van der Waals surface area contributed by atoms with Crippen LogP contribution in [0, 0.1) is 0 Å². The van der Waals surface area contributed by atoms with Crippen molar-refractivity contribution in [1.29, 1.82) is 0 Å². The maximum Gasteiger partial charge on any atom is -0.0199 e. The van der Waals surface area contributed by atoms with E-state index >= 15 is 0 Å². The van der Waals surface area contributed by atoms with Crippen LogP contribution in [0.1, 0.15) is 31.9 Å². The molecule has 0 heterocycles. The lowest BCUT2D eigenvalue weighted by molar-refractivity contribution is 1.13. The van der Waals surface area contributed by atoms with E-state index < -0.39 is 0 Å². The first-order valence-electron chi connectivity index (χ1n) is 4.50. The van der Waals surface area contributed by atoms with Crippen molar-refractivity contribution >= 4 is 5.57 Å². The van der Waals surface area contributed by atoms with Gasteiger partial charge in [0.15, 0.2) is 0 Å². The smallest absolute Gasteiger partial charge is 0.0199 e. The fourth-order valence-electron chi connectivity index (χ4n) is 1.37. The van der Waals surface area contributed by atoms with Crippen LogP contribution in [0.15, 0.2) is 30.3 Å². The van der Waals surface area contributed by atoms with Crippen molar-refractivity contribution in [3.63, 3.8) is 0 Å². The maximum absolute atomic E-state index is 2.20. The molecule has 0 N–H and O–H groups in total. The van der Waals surface area contributed by atoms with E-state index in [-0.39, 0.29) is 0 Å². The Labute approximate surface area is 74.9 Å². The van der Waals surface area contributed by atoms with Crippen LogP contribution >= 0.6 is 0 Å². The summed E-state index contributed by atoms with van der Waals surface area (Å²) in [4.78, 5) is 0. The third-order valence-corrected chi connectivity index (χ3v) is 2.26. The van der Waals surface area contributed by atoms with E-state index in [0.29, 0.717) is 0 Å². The minimum absolute atomic E-state index is 1.11. The molecule has 0 bridgehead atoms. The lowest BCUT2D eigenvalue weighted by atomic mass is 9.99. The minimum Gasteiger partial charge on any atom is -0.0841 e. The molecule has 0 aliphatic rings. The lowest BCUT2D eigenvalue weighted by Crippen LogP contribution is -1.88. The average Bonchev–Trinajstić information content (AvgIpc) is 2.16. The Kier molecular flexibility index (Phi) is 3.09. The summed E-state index contributed by atoms with van der Waals surface area (Å²) in [7, 11) is 0. The molecular formula is C12H16. The Balaban J connectivity index is 3.13. The highest BCUT2D eigenvalue weighted by Crippen LogP contribution is 2.18. The molecule has 1 rings (SSSR count). The van der Waals surface area contributed by atoms with Gasteiger partial charge in [0.25, 0.3) is 0 Å². The molecule has 12 heavy (non-hydrogen) atoms. The Morgan fingerprint density at radius 2 is 2.00 bits per heavy atom. The second-order valence-corrected chi connectivity index (χ2v) is 2.98. The zero-order valence-corrected chi connectivity index (χ0v) is 8.09. The molecule has 0 nitrogen and oxygen atoms in total. The van der Waals surface area contributed by atoms with E-state index in [1.807, 2.05) is 0 Å². The number of aryl methyl sites for hydroxylation is 1. The van der Waals surface area contributed by atoms with Gasteiger partial charge in [0.1, 0.15) is 0 Å². The third-order valence-electron chi connectivity index (χ3n) is 2.26. The van der Waals surface area contributed by atoms with Gasteiger partial charge in [-0.2, -0.15) is 0 Å². The summed E-state index contributed by atoms with van der Waals surface area (Å²) in [5, 5.41) is 0. The fourth-order valence-corrected chi connectivity index (χ4v) is 1.37. The van der Waals surface area contributed by atoms with Crippen LogP contribution in [0.25, 0.3) is 5.57 Å². The Morgan fingerprint density at radius 1 is 1.33 bits per heavy atom. The molecule has 64 valence electrons. The first-order chi connectivity index (χ1) is 5.79. The minimum atomic E-state index is 1.11. The number of hydrogen-bond acceptors (Lipinski definition) is 0. The van der Waals surface area contributed by atoms with Gasteiger partial charge in [-0.25, -0.2) is 0 Å². The van der Waals surface area contributed by atoms with E-state index in [9.17, 15) is 0 Å². The molecule has 0 amide bonds. The molecule has 0 aliphatic carbocycles. The van der Waals surface area contributed by atoms with E-state index in [4.69, 9.17) is 0 Å². The quantitative estimate of drug-likeness (QED) is 0.619. The second-order valence-electron chi connectivity index (χ2n) is 2.98. The van der Waals surface area contributed by atoms with E-state index in [1.54, 1.807) is 0 Å². The number of benzene rings is 1. The highest BCUT2D eigenvalue weighted by molar-refractivity contribution is 5.66. The monoisotopic (exact) mass is 160 g/mol. The molecule has 0 aromatic heterocycles. The van der Waals surface area contributed by atoms with Crippen LogP contribution < -0.4 is 0 Å². The van der Waals surface area contributed by atoms with Gasteiger partial charge < -0.3 is 0 Å². The van der Waals surface area contributed by atoms with Gasteiger partial charge in [0.05, 0.1) is 0 Å². The Hall–Kier alpha value is -1.04. The van der Waals surface area contributed by atoms with Crippen molar-refractivity contribution in [2.24, 2.45) is 0 Å². The van der Waals surface area contributed by atoms with Gasteiger partial charge in [-0.1, -0.05) is 37.3 Å². The van der Waals surface area contributed by atoms with E-state index in [2.05, 4.69) is 51.1 Å². The van der Waals surface area contributed by atoms with Gasteiger partial charge in [0, 0.05) is 0 Å². The molecule has 0 unspecified atom stereocenters.